The summed E-state index contributed by atoms with van der Waals surface area (Å²) in [4.78, 5) is 12.4. The van der Waals surface area contributed by atoms with Gasteiger partial charge in [0.25, 0.3) is 0 Å². The van der Waals surface area contributed by atoms with Crippen molar-refractivity contribution in [3.8, 4) is 11.1 Å². The molecule has 0 aliphatic heterocycles. The van der Waals surface area contributed by atoms with Crippen molar-refractivity contribution in [2.75, 3.05) is 6.61 Å². The second-order valence-corrected chi connectivity index (χ2v) is 10.7. The van der Waals surface area contributed by atoms with E-state index in [0.29, 0.717) is 18.4 Å². The molecule has 0 spiro atoms. The summed E-state index contributed by atoms with van der Waals surface area (Å²) in [5.41, 5.74) is 1.70. The van der Waals surface area contributed by atoms with Gasteiger partial charge in [-0.1, -0.05) is 100 Å². The summed E-state index contributed by atoms with van der Waals surface area (Å²) in [5, 5.41) is 10.2. The first kappa shape index (κ1) is 28.4. The van der Waals surface area contributed by atoms with Crippen LogP contribution < -0.4 is 0 Å². The number of carboxylic acids is 1. The molecule has 198 valence electrons. The number of carboxylic acid groups (broad SMARTS) is 1. The Bertz CT molecular complexity index is 897. The molecule has 2 aromatic carbocycles. The highest BCUT2D eigenvalue weighted by atomic mass is 19.1. The summed E-state index contributed by atoms with van der Waals surface area (Å²) < 4.78 is 21.3. The number of ether oxygens (including phenoxy) is 1. The van der Waals surface area contributed by atoms with Gasteiger partial charge in [0.1, 0.15) is 6.17 Å². The van der Waals surface area contributed by atoms with Crippen LogP contribution in [0.4, 0.5) is 4.39 Å². The molecule has 0 saturated heterocycles. The number of rotatable bonds is 15. The molecule has 0 aromatic heterocycles. The third-order valence-corrected chi connectivity index (χ3v) is 8.04. The topological polar surface area (TPSA) is 46.5 Å². The molecule has 0 heterocycles. The summed E-state index contributed by atoms with van der Waals surface area (Å²) in [6, 6.07) is 17.7. The van der Waals surface area contributed by atoms with E-state index in [1.54, 1.807) is 0 Å². The first-order valence-corrected chi connectivity index (χ1v) is 14.1. The van der Waals surface area contributed by atoms with E-state index in [9.17, 15) is 9.90 Å². The van der Waals surface area contributed by atoms with E-state index in [0.717, 1.165) is 43.4 Å². The van der Waals surface area contributed by atoms with Gasteiger partial charge in [0.15, 0.2) is 0 Å². The molecule has 3 nitrogen and oxygen atoms in total. The fourth-order valence-corrected chi connectivity index (χ4v) is 5.65. The molecule has 1 saturated carbocycles. The number of unbranched alkanes of at least 4 members (excludes halogenated alkanes) is 5. The van der Waals surface area contributed by atoms with E-state index in [2.05, 4.69) is 13.8 Å². The highest BCUT2D eigenvalue weighted by molar-refractivity contribution is 5.82. The van der Waals surface area contributed by atoms with E-state index in [1.165, 1.54) is 32.1 Å². The molecule has 1 aliphatic rings. The summed E-state index contributed by atoms with van der Waals surface area (Å²) in [7, 11) is 0. The minimum atomic E-state index is -1.14. The monoisotopic (exact) mass is 496 g/mol. The van der Waals surface area contributed by atoms with Crippen LogP contribution >= 0.6 is 0 Å². The largest absolute Gasteiger partial charge is 0.481 e. The molecule has 1 N–H and O–H groups in total. The fraction of sp³-hybridized carbons (Fsp3) is 0.594. The second kappa shape index (κ2) is 14.5. The van der Waals surface area contributed by atoms with E-state index < -0.39 is 17.6 Å². The first-order valence-electron chi connectivity index (χ1n) is 14.1. The number of carbonyl (C=O) groups is 1. The van der Waals surface area contributed by atoms with Crippen LogP contribution in [0.1, 0.15) is 96.5 Å². The van der Waals surface area contributed by atoms with Gasteiger partial charge in [0.05, 0.1) is 11.5 Å². The molecular weight excluding hydrogens is 451 g/mol. The number of alkyl halides is 1. The zero-order valence-corrected chi connectivity index (χ0v) is 22.3. The van der Waals surface area contributed by atoms with Crippen LogP contribution in [0.5, 0.6) is 0 Å². The summed E-state index contributed by atoms with van der Waals surface area (Å²) in [6.45, 7) is 5.16. The van der Waals surface area contributed by atoms with Crippen molar-refractivity contribution in [3.05, 3.63) is 60.2 Å². The standard InChI is InChI=1S/C32H45FO3/c1-3-4-5-6-7-11-23-36-25(2)13-12-16-28-21-22-32(31(34)35,24-30(28)33)29-19-17-27(18-20-29)26-14-9-8-10-15-26/h8-10,14-15,17-20,25,28,30H,3-7,11-13,16,21-24H2,1-2H3,(H,34,35)/t25?,28-,30?,32-/m1/s1. The smallest absolute Gasteiger partial charge is 0.314 e. The van der Waals surface area contributed by atoms with E-state index >= 15 is 4.39 Å². The Morgan fingerprint density at radius 2 is 1.67 bits per heavy atom. The van der Waals surface area contributed by atoms with Gasteiger partial charge in [-0.25, -0.2) is 4.39 Å². The minimum Gasteiger partial charge on any atom is -0.481 e. The van der Waals surface area contributed by atoms with Crippen molar-refractivity contribution in [1.29, 1.82) is 0 Å². The molecule has 0 amide bonds. The predicted octanol–water partition coefficient (Wildman–Crippen LogP) is 8.75. The summed E-state index contributed by atoms with van der Waals surface area (Å²) >= 11 is 0. The number of aliphatic carboxylic acids is 1. The molecule has 36 heavy (non-hydrogen) atoms. The predicted molar refractivity (Wildman–Crippen MR) is 146 cm³/mol. The maximum Gasteiger partial charge on any atom is 0.314 e. The molecule has 4 atom stereocenters. The van der Waals surface area contributed by atoms with Gasteiger partial charge in [-0.2, -0.15) is 0 Å². The van der Waals surface area contributed by atoms with Crippen LogP contribution in [0, 0.1) is 5.92 Å². The lowest BCUT2D eigenvalue weighted by molar-refractivity contribution is -0.147. The van der Waals surface area contributed by atoms with Crippen molar-refractivity contribution in [1.82, 2.24) is 0 Å². The van der Waals surface area contributed by atoms with Gasteiger partial charge in [-0.3, -0.25) is 4.79 Å². The number of benzene rings is 2. The van der Waals surface area contributed by atoms with Gasteiger partial charge >= 0.3 is 5.97 Å². The molecule has 1 aliphatic carbocycles. The molecule has 1 fully saturated rings. The lowest BCUT2D eigenvalue weighted by atomic mass is 9.65. The van der Waals surface area contributed by atoms with E-state index in [1.807, 2.05) is 54.6 Å². The zero-order chi connectivity index (χ0) is 25.8. The van der Waals surface area contributed by atoms with Gasteiger partial charge in [0, 0.05) is 6.61 Å². The highest BCUT2D eigenvalue weighted by Crippen LogP contribution is 2.45. The maximum atomic E-state index is 15.3. The molecule has 2 aromatic rings. The second-order valence-electron chi connectivity index (χ2n) is 10.7. The lowest BCUT2D eigenvalue weighted by Gasteiger charge is -2.39. The van der Waals surface area contributed by atoms with Crippen molar-refractivity contribution in [3.63, 3.8) is 0 Å². The Labute approximate surface area is 217 Å². The van der Waals surface area contributed by atoms with Crippen LogP contribution in [-0.2, 0) is 14.9 Å². The Hall–Kier alpha value is -2.20. The summed E-state index contributed by atoms with van der Waals surface area (Å²) in [6.07, 6.45) is 10.5. The number of hydrogen-bond acceptors (Lipinski definition) is 2. The molecular formula is C32H45FO3. The molecule has 4 heteroatoms. The van der Waals surface area contributed by atoms with Crippen molar-refractivity contribution >= 4 is 5.97 Å². The normalized spacial score (nSPS) is 22.9. The Kier molecular flexibility index (Phi) is 11.4. The summed E-state index contributed by atoms with van der Waals surface area (Å²) in [5.74, 6) is -0.973. The highest BCUT2D eigenvalue weighted by Gasteiger charge is 2.47. The molecule has 2 unspecified atom stereocenters. The number of hydrogen-bond donors (Lipinski definition) is 1. The Morgan fingerprint density at radius 1 is 1.00 bits per heavy atom. The van der Waals surface area contributed by atoms with Gasteiger partial charge in [0.2, 0.25) is 0 Å². The molecule has 3 rings (SSSR count). The van der Waals surface area contributed by atoms with Crippen LogP contribution in [0.25, 0.3) is 11.1 Å². The first-order chi connectivity index (χ1) is 17.5. The van der Waals surface area contributed by atoms with E-state index in [4.69, 9.17) is 4.74 Å². The average Bonchev–Trinajstić information content (AvgIpc) is 2.89. The lowest BCUT2D eigenvalue weighted by Crippen LogP contribution is -2.44. The average molecular weight is 497 g/mol. The van der Waals surface area contributed by atoms with Crippen molar-refractivity contribution < 1.29 is 19.0 Å². The van der Waals surface area contributed by atoms with Crippen LogP contribution in [-0.4, -0.2) is 30.0 Å². The molecule has 0 radical (unpaired) electrons. The third-order valence-electron chi connectivity index (χ3n) is 8.04. The van der Waals surface area contributed by atoms with Crippen LogP contribution in [0.3, 0.4) is 0 Å². The van der Waals surface area contributed by atoms with Gasteiger partial charge in [-0.05, 0) is 68.1 Å². The van der Waals surface area contributed by atoms with Crippen molar-refractivity contribution in [2.45, 2.75) is 109 Å². The van der Waals surface area contributed by atoms with Gasteiger partial charge < -0.3 is 9.84 Å². The third kappa shape index (κ3) is 7.90. The van der Waals surface area contributed by atoms with E-state index in [-0.39, 0.29) is 18.4 Å². The SMILES string of the molecule is CCCCCCCCOC(C)CCC[C@@H]1CC[C@](C(=O)O)(c2ccc(-c3ccccc3)cc2)CC1F. The van der Waals surface area contributed by atoms with Gasteiger partial charge in [-0.15, -0.1) is 0 Å². The van der Waals surface area contributed by atoms with Crippen LogP contribution in [0.15, 0.2) is 54.6 Å². The maximum absolute atomic E-state index is 15.3. The molecule has 0 bridgehead atoms. The van der Waals surface area contributed by atoms with Crippen molar-refractivity contribution in [2.24, 2.45) is 5.92 Å². The zero-order valence-electron chi connectivity index (χ0n) is 22.3. The minimum absolute atomic E-state index is 0.0573. The van der Waals surface area contributed by atoms with Crippen LogP contribution in [0.2, 0.25) is 0 Å². The number of halogens is 1. The quantitative estimate of drug-likeness (QED) is 0.251. The fourth-order valence-electron chi connectivity index (χ4n) is 5.65. The Morgan fingerprint density at radius 3 is 2.33 bits per heavy atom. The Balaban J connectivity index is 1.45.